The predicted octanol–water partition coefficient (Wildman–Crippen LogP) is 4.03. The number of carbonyl (C=O) groups excluding carboxylic acids is 1. The van der Waals surface area contributed by atoms with Gasteiger partial charge in [-0.05, 0) is 56.4 Å². The highest BCUT2D eigenvalue weighted by molar-refractivity contribution is 8.01. The number of nitrogens with one attached hydrogen (secondary N) is 1. The lowest BCUT2D eigenvalue weighted by Crippen LogP contribution is -2.18. The smallest absolute Gasteiger partial charge is 0.206 e. The van der Waals surface area contributed by atoms with Crippen LogP contribution in [-0.4, -0.2) is 41.0 Å². The van der Waals surface area contributed by atoms with Crippen LogP contribution in [0.3, 0.4) is 0 Å². The van der Waals surface area contributed by atoms with Gasteiger partial charge in [0.15, 0.2) is 10.1 Å². The molecule has 1 N–H and O–H groups in total. The lowest BCUT2D eigenvalue weighted by molar-refractivity contribution is 0.102. The molecule has 3 rings (SSSR count). The van der Waals surface area contributed by atoms with E-state index in [0.717, 1.165) is 52.2 Å². The number of aryl methyl sites for hydroxylation is 3. The van der Waals surface area contributed by atoms with E-state index in [9.17, 15) is 4.79 Å². The van der Waals surface area contributed by atoms with Crippen LogP contribution in [-0.2, 0) is 4.74 Å². The highest BCUT2D eigenvalue weighted by atomic mass is 32.2. The van der Waals surface area contributed by atoms with Gasteiger partial charge in [0.2, 0.25) is 5.13 Å². The minimum Gasteiger partial charge on any atom is -0.376 e. The first-order valence-corrected chi connectivity index (χ1v) is 10.3. The average Bonchev–Trinajstić information content (AvgIpc) is 3.25. The molecule has 1 aliphatic heterocycles. The van der Waals surface area contributed by atoms with E-state index < -0.39 is 0 Å². The Morgan fingerprint density at radius 2 is 2.08 bits per heavy atom. The van der Waals surface area contributed by atoms with E-state index in [4.69, 9.17) is 4.74 Å². The molecular weight excluding hydrogens is 354 g/mol. The van der Waals surface area contributed by atoms with E-state index >= 15 is 0 Å². The number of thioether (sulfide) groups is 1. The van der Waals surface area contributed by atoms with Gasteiger partial charge in [-0.2, -0.15) is 0 Å². The van der Waals surface area contributed by atoms with Crippen molar-refractivity contribution in [1.29, 1.82) is 0 Å². The lowest BCUT2D eigenvalue weighted by atomic mass is 9.99. The second kappa shape index (κ2) is 8.29. The van der Waals surface area contributed by atoms with Crippen LogP contribution in [0.4, 0.5) is 5.13 Å². The highest BCUT2D eigenvalue weighted by Gasteiger charge is 2.16. The summed E-state index contributed by atoms with van der Waals surface area (Å²) in [5, 5.41) is 12.4. The molecule has 1 aromatic heterocycles. The number of hydrogen-bond acceptors (Lipinski definition) is 7. The van der Waals surface area contributed by atoms with Crippen molar-refractivity contribution in [3.05, 3.63) is 34.4 Å². The summed E-state index contributed by atoms with van der Waals surface area (Å²) in [6.45, 7) is 7.71. The summed E-state index contributed by atoms with van der Waals surface area (Å²) in [5.74, 6) is 0.513. The molecule has 0 saturated carbocycles. The van der Waals surface area contributed by atoms with E-state index in [2.05, 4.69) is 28.5 Å². The number of hydrogen-bond donors (Lipinski definition) is 1. The molecule has 1 aromatic carbocycles. The maximum atomic E-state index is 12.5. The van der Waals surface area contributed by atoms with Crippen LogP contribution >= 0.6 is 23.1 Å². The maximum absolute atomic E-state index is 12.5. The summed E-state index contributed by atoms with van der Waals surface area (Å²) < 4.78 is 6.39. The summed E-state index contributed by atoms with van der Waals surface area (Å²) in [6, 6.07) is 4.06. The Morgan fingerprint density at radius 3 is 2.84 bits per heavy atom. The number of benzene rings is 1. The first-order valence-electron chi connectivity index (χ1n) is 8.46. The van der Waals surface area contributed by atoms with Crippen molar-refractivity contribution in [2.75, 3.05) is 24.2 Å². The average molecular weight is 378 g/mol. The number of Topliss-reactive ketones (excluding diaryl/α,β-unsaturated/α-hetero) is 1. The molecular formula is C18H23N3O2S2. The fourth-order valence-electron chi connectivity index (χ4n) is 2.81. The molecule has 0 spiro atoms. The third-order valence-electron chi connectivity index (χ3n) is 4.38. The van der Waals surface area contributed by atoms with Gasteiger partial charge in [0, 0.05) is 18.7 Å². The number of carbonyl (C=O) groups is 1. The van der Waals surface area contributed by atoms with Gasteiger partial charge in [0.1, 0.15) is 0 Å². The second-order valence-corrected chi connectivity index (χ2v) is 8.55. The van der Waals surface area contributed by atoms with E-state index in [1.807, 2.05) is 19.9 Å². The summed E-state index contributed by atoms with van der Waals surface area (Å²) in [5.41, 5.74) is 4.20. The predicted molar refractivity (Wildman–Crippen MR) is 103 cm³/mol. The minimum absolute atomic E-state index is 0.134. The van der Waals surface area contributed by atoms with Crippen LogP contribution in [0.1, 0.15) is 39.9 Å². The molecule has 0 amide bonds. The van der Waals surface area contributed by atoms with Crippen molar-refractivity contribution in [2.24, 2.45) is 0 Å². The van der Waals surface area contributed by atoms with E-state index in [-0.39, 0.29) is 11.9 Å². The zero-order chi connectivity index (χ0) is 17.8. The van der Waals surface area contributed by atoms with Gasteiger partial charge in [-0.25, -0.2) is 0 Å². The summed E-state index contributed by atoms with van der Waals surface area (Å²) in [6.07, 6.45) is 2.50. The molecule has 5 nitrogen and oxygen atoms in total. The van der Waals surface area contributed by atoms with Crippen molar-refractivity contribution < 1.29 is 9.53 Å². The van der Waals surface area contributed by atoms with E-state index in [0.29, 0.717) is 5.75 Å². The Morgan fingerprint density at radius 1 is 1.28 bits per heavy atom. The molecule has 25 heavy (non-hydrogen) atoms. The normalized spacial score (nSPS) is 17.0. The highest BCUT2D eigenvalue weighted by Crippen LogP contribution is 2.27. The van der Waals surface area contributed by atoms with Crippen LogP contribution in [0.5, 0.6) is 0 Å². The Hall–Kier alpha value is -1.44. The van der Waals surface area contributed by atoms with Crippen molar-refractivity contribution in [3.8, 4) is 0 Å². The van der Waals surface area contributed by atoms with Gasteiger partial charge < -0.3 is 10.1 Å². The Bertz CT molecular complexity index is 755. The number of ketones is 1. The largest absolute Gasteiger partial charge is 0.376 e. The fraction of sp³-hybridized carbons (Fsp3) is 0.500. The van der Waals surface area contributed by atoms with E-state index in [1.54, 1.807) is 0 Å². The molecule has 1 saturated heterocycles. The third-order valence-corrected chi connectivity index (χ3v) is 6.39. The van der Waals surface area contributed by atoms with Gasteiger partial charge in [-0.3, -0.25) is 4.79 Å². The number of anilines is 1. The molecule has 1 fully saturated rings. The molecule has 7 heteroatoms. The monoisotopic (exact) mass is 377 g/mol. The minimum atomic E-state index is 0.134. The van der Waals surface area contributed by atoms with Gasteiger partial charge in [0.25, 0.3) is 0 Å². The van der Waals surface area contributed by atoms with Crippen molar-refractivity contribution in [2.45, 2.75) is 44.1 Å². The van der Waals surface area contributed by atoms with Crippen LogP contribution in [0.2, 0.25) is 0 Å². The van der Waals surface area contributed by atoms with Crippen LogP contribution in [0.15, 0.2) is 16.5 Å². The van der Waals surface area contributed by atoms with Crippen molar-refractivity contribution in [3.63, 3.8) is 0 Å². The molecule has 2 heterocycles. The van der Waals surface area contributed by atoms with Crippen molar-refractivity contribution in [1.82, 2.24) is 10.2 Å². The SMILES string of the molecule is Cc1cc(C)c(C(=O)CSc2nnc(NCC3CCCO3)s2)cc1C. The lowest BCUT2D eigenvalue weighted by Gasteiger charge is -2.08. The number of aromatic nitrogens is 2. The first-order chi connectivity index (χ1) is 12.0. The van der Waals surface area contributed by atoms with Crippen LogP contribution in [0, 0.1) is 20.8 Å². The van der Waals surface area contributed by atoms with Gasteiger partial charge in [0.05, 0.1) is 11.9 Å². The molecule has 134 valence electrons. The Labute approximate surface area is 156 Å². The molecule has 1 atom stereocenters. The Balaban J connectivity index is 1.53. The van der Waals surface area contributed by atoms with E-state index in [1.165, 1.54) is 28.7 Å². The summed E-state index contributed by atoms with van der Waals surface area (Å²) in [4.78, 5) is 12.5. The summed E-state index contributed by atoms with van der Waals surface area (Å²) >= 11 is 2.93. The maximum Gasteiger partial charge on any atom is 0.206 e. The number of rotatable bonds is 7. The molecule has 2 aromatic rings. The van der Waals surface area contributed by atoms with Gasteiger partial charge in [-0.1, -0.05) is 29.2 Å². The number of ether oxygens (including phenoxy) is 1. The standard InChI is InChI=1S/C18H23N3O2S2/c1-11-7-13(3)15(8-12(11)2)16(22)10-24-18-21-20-17(25-18)19-9-14-5-4-6-23-14/h7-8,14H,4-6,9-10H2,1-3H3,(H,19,20). The molecule has 0 radical (unpaired) electrons. The molecule has 0 aliphatic carbocycles. The molecule has 1 unspecified atom stereocenters. The zero-order valence-corrected chi connectivity index (χ0v) is 16.4. The van der Waals surface area contributed by atoms with Crippen LogP contribution < -0.4 is 5.32 Å². The second-order valence-electron chi connectivity index (χ2n) is 6.35. The molecule has 1 aliphatic rings. The van der Waals surface area contributed by atoms with Gasteiger partial charge in [-0.15, -0.1) is 10.2 Å². The summed E-state index contributed by atoms with van der Waals surface area (Å²) in [7, 11) is 0. The van der Waals surface area contributed by atoms with Crippen molar-refractivity contribution >= 4 is 34.0 Å². The van der Waals surface area contributed by atoms with Gasteiger partial charge >= 0.3 is 0 Å². The fourth-order valence-corrected chi connectivity index (χ4v) is 4.45. The quantitative estimate of drug-likeness (QED) is 0.580. The first kappa shape index (κ1) is 18.4. The third kappa shape index (κ3) is 4.80. The molecule has 0 bridgehead atoms. The zero-order valence-electron chi connectivity index (χ0n) is 14.8. The topological polar surface area (TPSA) is 64.1 Å². The van der Waals surface area contributed by atoms with Crippen LogP contribution in [0.25, 0.3) is 0 Å². The number of nitrogens with zero attached hydrogens (tertiary/aromatic N) is 2. The Kier molecular flexibility index (Phi) is 6.09.